The normalized spacial score (nSPS) is 22.0. The number of alkyl halides is 1. The molecule has 0 amide bonds. The second-order valence-electron chi connectivity index (χ2n) is 6.27. The molecule has 5 nitrogen and oxygen atoms in total. The molecule has 3 unspecified atom stereocenters. The molecule has 0 saturated heterocycles. The second kappa shape index (κ2) is 6.46. The Kier molecular flexibility index (Phi) is 4.12. The van der Waals surface area contributed by atoms with Crippen molar-refractivity contribution in [2.75, 3.05) is 14.2 Å². The summed E-state index contributed by atoms with van der Waals surface area (Å²) < 4.78 is 25.3. The number of carbonyl (C=O) groups is 1. The summed E-state index contributed by atoms with van der Waals surface area (Å²) in [5, 5.41) is 3.88. The highest BCUT2D eigenvalue weighted by Crippen LogP contribution is 2.42. The van der Waals surface area contributed by atoms with E-state index in [0.717, 1.165) is 27.9 Å². The molecule has 0 saturated carbocycles. The maximum absolute atomic E-state index is 15.2. The van der Waals surface area contributed by atoms with Crippen LogP contribution in [-0.4, -0.2) is 31.2 Å². The van der Waals surface area contributed by atoms with Crippen molar-refractivity contribution in [3.63, 3.8) is 0 Å². The molecular formula is C20H19FN2O3. The van der Waals surface area contributed by atoms with E-state index in [1.54, 1.807) is 7.11 Å². The number of aromatic amines is 1. The predicted molar refractivity (Wildman–Crippen MR) is 95.9 cm³/mol. The molecule has 1 aliphatic rings. The first kappa shape index (κ1) is 16.6. The fraction of sp³-hybridized carbons (Fsp3) is 0.250. The van der Waals surface area contributed by atoms with Gasteiger partial charge in [0.2, 0.25) is 0 Å². The number of aromatic nitrogens is 1. The third kappa shape index (κ3) is 2.54. The van der Waals surface area contributed by atoms with Crippen molar-refractivity contribution >= 4 is 16.9 Å². The molecule has 3 aromatic rings. The molecule has 1 aliphatic heterocycles. The lowest BCUT2D eigenvalue weighted by Crippen LogP contribution is -2.47. The molecular weight excluding hydrogens is 335 g/mol. The number of H-pyrrole nitrogens is 1. The van der Waals surface area contributed by atoms with Gasteiger partial charge in [-0.05, 0) is 23.8 Å². The van der Waals surface area contributed by atoms with Crippen molar-refractivity contribution in [3.05, 3.63) is 65.4 Å². The Balaban J connectivity index is 1.88. The summed E-state index contributed by atoms with van der Waals surface area (Å²) in [7, 11) is 2.87. The number of ether oxygens (including phenoxy) is 2. The maximum atomic E-state index is 15.2. The summed E-state index contributed by atoms with van der Waals surface area (Å²) in [6, 6.07) is 13.6. The maximum Gasteiger partial charge on any atom is 0.326 e. The molecule has 4 rings (SSSR count). The molecule has 0 radical (unpaired) electrons. The zero-order valence-corrected chi connectivity index (χ0v) is 14.5. The van der Waals surface area contributed by atoms with Gasteiger partial charge in [0.1, 0.15) is 11.8 Å². The number of carbonyl (C=O) groups excluding carboxylic acids is 1. The minimum atomic E-state index is -1.50. The number of hydrogen-bond acceptors (Lipinski definition) is 4. The molecule has 2 aromatic carbocycles. The lowest BCUT2D eigenvalue weighted by Gasteiger charge is -2.32. The van der Waals surface area contributed by atoms with Crippen LogP contribution in [0.4, 0.5) is 4.39 Å². The lowest BCUT2D eigenvalue weighted by atomic mass is 9.89. The number of benzene rings is 2. The third-order valence-electron chi connectivity index (χ3n) is 4.88. The largest absolute Gasteiger partial charge is 0.497 e. The number of rotatable bonds is 3. The van der Waals surface area contributed by atoms with E-state index in [2.05, 4.69) is 10.3 Å². The van der Waals surface area contributed by atoms with Gasteiger partial charge in [0.15, 0.2) is 6.17 Å². The quantitative estimate of drug-likeness (QED) is 0.708. The number of nitrogens with one attached hydrogen (secondary N) is 2. The minimum Gasteiger partial charge on any atom is -0.497 e. The summed E-state index contributed by atoms with van der Waals surface area (Å²) >= 11 is 0. The Morgan fingerprint density at radius 2 is 1.81 bits per heavy atom. The van der Waals surface area contributed by atoms with Crippen LogP contribution in [0.5, 0.6) is 5.75 Å². The summed E-state index contributed by atoms with van der Waals surface area (Å²) in [6.07, 6.45) is -1.50. The zero-order chi connectivity index (χ0) is 18.3. The highest BCUT2D eigenvalue weighted by Gasteiger charge is 2.42. The van der Waals surface area contributed by atoms with Gasteiger partial charge in [0.25, 0.3) is 0 Å². The van der Waals surface area contributed by atoms with E-state index >= 15 is 4.39 Å². The number of para-hydroxylation sites is 1. The number of hydrogen-bond donors (Lipinski definition) is 2. The van der Waals surface area contributed by atoms with Gasteiger partial charge in [0.05, 0.1) is 20.3 Å². The van der Waals surface area contributed by atoms with Crippen molar-refractivity contribution in [3.8, 4) is 5.75 Å². The number of methoxy groups -OCH3 is 2. The topological polar surface area (TPSA) is 63.4 Å². The summed E-state index contributed by atoms with van der Waals surface area (Å²) in [6.45, 7) is 0. The molecule has 6 heteroatoms. The number of fused-ring (bicyclic) bond motifs is 3. The van der Waals surface area contributed by atoms with Crippen LogP contribution in [0.25, 0.3) is 10.9 Å². The van der Waals surface area contributed by atoms with E-state index in [1.165, 1.54) is 7.11 Å². The molecule has 26 heavy (non-hydrogen) atoms. The molecule has 134 valence electrons. The van der Waals surface area contributed by atoms with Crippen LogP contribution >= 0.6 is 0 Å². The highest BCUT2D eigenvalue weighted by atomic mass is 19.1. The van der Waals surface area contributed by atoms with Gasteiger partial charge >= 0.3 is 5.97 Å². The Morgan fingerprint density at radius 1 is 1.08 bits per heavy atom. The molecule has 0 aliphatic carbocycles. The van der Waals surface area contributed by atoms with Crippen LogP contribution in [0.3, 0.4) is 0 Å². The van der Waals surface area contributed by atoms with Gasteiger partial charge < -0.3 is 14.5 Å². The van der Waals surface area contributed by atoms with Gasteiger partial charge in [-0.2, -0.15) is 0 Å². The summed E-state index contributed by atoms with van der Waals surface area (Å²) in [5.74, 6) is 0.112. The lowest BCUT2D eigenvalue weighted by molar-refractivity contribution is -0.145. The third-order valence-corrected chi connectivity index (χ3v) is 4.88. The van der Waals surface area contributed by atoms with Gasteiger partial charge in [-0.25, -0.2) is 4.39 Å². The Morgan fingerprint density at radius 3 is 2.50 bits per heavy atom. The smallest absolute Gasteiger partial charge is 0.326 e. The van der Waals surface area contributed by atoms with E-state index in [9.17, 15) is 4.79 Å². The summed E-state index contributed by atoms with van der Waals surface area (Å²) in [5.41, 5.74) is 2.98. The molecule has 3 atom stereocenters. The predicted octanol–water partition coefficient (Wildman–Crippen LogP) is 3.42. The molecule has 0 fully saturated rings. The standard InChI is InChI=1S/C20H19FN2O3/c1-25-12-9-7-11(8-10-12)17-18-15(13-5-3-4-6-14(13)22-18)16(21)19(23-17)20(24)26-2/h3-10,16-17,19,22-23H,1-2H3. The van der Waals surface area contributed by atoms with E-state index in [-0.39, 0.29) is 6.04 Å². The summed E-state index contributed by atoms with van der Waals surface area (Å²) in [4.78, 5) is 15.5. The molecule has 0 spiro atoms. The van der Waals surface area contributed by atoms with Gasteiger partial charge in [-0.15, -0.1) is 0 Å². The van der Waals surface area contributed by atoms with Crippen molar-refractivity contribution in [2.45, 2.75) is 18.3 Å². The van der Waals surface area contributed by atoms with Crippen LogP contribution in [0.15, 0.2) is 48.5 Å². The Labute approximate surface area is 150 Å². The first-order chi connectivity index (χ1) is 12.6. The van der Waals surface area contributed by atoms with Crippen LogP contribution in [0.1, 0.15) is 29.0 Å². The highest BCUT2D eigenvalue weighted by molar-refractivity contribution is 5.88. The molecule has 0 bridgehead atoms. The SMILES string of the molecule is COC(=O)C1NC(c2ccc(OC)cc2)c2[nH]c3ccccc3c2C1F. The number of esters is 1. The van der Waals surface area contributed by atoms with Crippen LogP contribution in [-0.2, 0) is 9.53 Å². The van der Waals surface area contributed by atoms with Crippen LogP contribution in [0.2, 0.25) is 0 Å². The Bertz CT molecular complexity index is 951. The van der Waals surface area contributed by atoms with Gasteiger partial charge in [0, 0.05) is 22.2 Å². The molecule has 1 aromatic heterocycles. The zero-order valence-electron chi connectivity index (χ0n) is 14.5. The molecule has 2 heterocycles. The fourth-order valence-electron chi connectivity index (χ4n) is 3.60. The van der Waals surface area contributed by atoms with Crippen molar-refractivity contribution in [2.24, 2.45) is 0 Å². The van der Waals surface area contributed by atoms with Crippen molar-refractivity contribution in [1.29, 1.82) is 0 Å². The Hall–Kier alpha value is -2.86. The average molecular weight is 354 g/mol. The van der Waals surface area contributed by atoms with Gasteiger partial charge in [-0.1, -0.05) is 30.3 Å². The first-order valence-corrected chi connectivity index (χ1v) is 8.36. The van der Waals surface area contributed by atoms with Crippen LogP contribution in [0, 0.1) is 0 Å². The number of halogens is 1. The van der Waals surface area contributed by atoms with E-state index in [0.29, 0.717) is 5.56 Å². The van der Waals surface area contributed by atoms with E-state index in [1.807, 2.05) is 48.5 Å². The fourth-order valence-corrected chi connectivity index (χ4v) is 3.60. The van der Waals surface area contributed by atoms with E-state index < -0.39 is 18.2 Å². The van der Waals surface area contributed by atoms with Gasteiger partial charge in [-0.3, -0.25) is 10.1 Å². The molecule has 2 N–H and O–H groups in total. The first-order valence-electron chi connectivity index (χ1n) is 8.36. The van der Waals surface area contributed by atoms with Crippen molar-refractivity contribution < 1.29 is 18.7 Å². The second-order valence-corrected chi connectivity index (χ2v) is 6.27. The monoisotopic (exact) mass is 354 g/mol. The minimum absolute atomic E-state index is 0.362. The average Bonchev–Trinajstić information content (AvgIpc) is 3.08. The van der Waals surface area contributed by atoms with Crippen LogP contribution < -0.4 is 10.1 Å². The van der Waals surface area contributed by atoms with Crippen molar-refractivity contribution in [1.82, 2.24) is 10.3 Å². The van der Waals surface area contributed by atoms with E-state index in [4.69, 9.17) is 9.47 Å².